The molecule has 0 spiro atoms. The zero-order valence-electron chi connectivity index (χ0n) is 17.9. The van der Waals surface area contributed by atoms with E-state index in [9.17, 15) is 18.0 Å². The van der Waals surface area contributed by atoms with Crippen LogP contribution in [0, 0.1) is 13.8 Å². The molecule has 2 heterocycles. The average molecular weight is 510 g/mol. The van der Waals surface area contributed by atoms with Crippen molar-refractivity contribution >= 4 is 27.5 Å². The molecule has 32 heavy (non-hydrogen) atoms. The van der Waals surface area contributed by atoms with Crippen LogP contribution < -0.4 is 5.32 Å². The number of nitrogens with one attached hydrogen (secondary N) is 1. The van der Waals surface area contributed by atoms with Crippen LogP contribution in [0.5, 0.6) is 0 Å². The zero-order valence-corrected chi connectivity index (χ0v) is 19.5. The van der Waals surface area contributed by atoms with E-state index in [0.29, 0.717) is 17.9 Å². The molecule has 1 N–H and O–H groups in total. The fraction of sp³-hybridized carbons (Fsp3) is 0.409. The van der Waals surface area contributed by atoms with E-state index in [-0.39, 0.29) is 10.4 Å². The number of hydrogen-bond donors (Lipinski definition) is 1. The number of benzene rings is 1. The Bertz CT molecular complexity index is 1160. The zero-order chi connectivity index (χ0) is 23.2. The van der Waals surface area contributed by atoms with Crippen LogP contribution in [0.4, 0.5) is 18.9 Å². The Morgan fingerprint density at radius 3 is 2.56 bits per heavy atom. The van der Waals surface area contributed by atoms with E-state index in [2.05, 4.69) is 31.4 Å². The second-order valence-corrected chi connectivity index (χ2v) is 9.01. The van der Waals surface area contributed by atoms with E-state index < -0.39 is 23.8 Å². The molecule has 0 radical (unpaired) electrons. The minimum atomic E-state index is -4.60. The van der Waals surface area contributed by atoms with Gasteiger partial charge in [0, 0.05) is 17.3 Å². The lowest BCUT2D eigenvalue weighted by molar-refractivity contribution is -0.142. The molecule has 1 aliphatic carbocycles. The van der Waals surface area contributed by atoms with Gasteiger partial charge in [-0.3, -0.25) is 14.2 Å². The Hall–Kier alpha value is -2.62. The monoisotopic (exact) mass is 509 g/mol. The van der Waals surface area contributed by atoms with Crippen LogP contribution in [0.3, 0.4) is 0 Å². The molecule has 1 fully saturated rings. The minimum Gasteiger partial charge on any atom is -0.324 e. The molecule has 1 amide bonds. The van der Waals surface area contributed by atoms with Crippen molar-refractivity contribution < 1.29 is 18.0 Å². The fourth-order valence-corrected chi connectivity index (χ4v) is 4.55. The van der Waals surface area contributed by atoms with Crippen molar-refractivity contribution in [2.24, 2.45) is 0 Å². The number of nitrogens with zero attached hydrogens (tertiary/aromatic N) is 4. The number of anilines is 1. The van der Waals surface area contributed by atoms with Crippen LogP contribution in [0.2, 0.25) is 0 Å². The van der Waals surface area contributed by atoms with Crippen molar-refractivity contribution in [3.8, 4) is 0 Å². The van der Waals surface area contributed by atoms with Crippen LogP contribution in [0.15, 0.2) is 34.8 Å². The number of halogens is 4. The van der Waals surface area contributed by atoms with E-state index in [1.54, 1.807) is 13.0 Å². The summed E-state index contributed by atoms with van der Waals surface area (Å²) >= 11 is 3.07. The maximum absolute atomic E-state index is 13.4. The van der Waals surface area contributed by atoms with Crippen molar-refractivity contribution in [2.45, 2.75) is 58.3 Å². The predicted octanol–water partition coefficient (Wildman–Crippen LogP) is 5.60. The van der Waals surface area contributed by atoms with E-state index in [1.807, 2.05) is 42.8 Å². The number of rotatable bonds is 6. The summed E-state index contributed by atoms with van der Waals surface area (Å²) in [5.41, 5.74) is 2.90. The van der Waals surface area contributed by atoms with E-state index >= 15 is 0 Å². The highest BCUT2D eigenvalue weighted by molar-refractivity contribution is 9.10. The third-order valence-corrected chi connectivity index (χ3v) is 6.28. The van der Waals surface area contributed by atoms with Crippen molar-refractivity contribution in [1.29, 1.82) is 0 Å². The number of carbonyl (C=O) groups excluding carboxylic acids is 1. The lowest BCUT2D eigenvalue weighted by atomic mass is 10.2. The summed E-state index contributed by atoms with van der Waals surface area (Å²) in [7, 11) is 0. The molecular formula is C22H23BrF3N5O. The molecule has 10 heteroatoms. The summed E-state index contributed by atoms with van der Waals surface area (Å²) in [6.45, 7) is 6.00. The topological polar surface area (TPSA) is 64.7 Å². The van der Waals surface area contributed by atoms with Gasteiger partial charge in [0.25, 0.3) is 0 Å². The number of aromatic nitrogens is 4. The van der Waals surface area contributed by atoms with E-state index in [1.165, 1.54) is 4.68 Å². The first kappa shape index (κ1) is 22.6. The van der Waals surface area contributed by atoms with Crippen LogP contribution in [-0.2, 0) is 17.5 Å². The van der Waals surface area contributed by atoms with Gasteiger partial charge < -0.3 is 5.32 Å². The van der Waals surface area contributed by atoms with Gasteiger partial charge in [-0.1, -0.05) is 12.1 Å². The Labute approximate surface area is 191 Å². The number of carbonyl (C=O) groups is 1. The molecule has 1 unspecified atom stereocenters. The molecule has 2 aromatic heterocycles. The summed E-state index contributed by atoms with van der Waals surface area (Å²) in [5, 5.41) is 11.0. The number of aryl methyl sites for hydroxylation is 2. The lowest BCUT2D eigenvalue weighted by Gasteiger charge is -2.16. The standard InChI is InChI=1S/C22H23BrF3N5O/c1-12-9-13(2)30(28-12)11-15-5-4-6-17(10-15)27-21(32)14(3)31-19(16-7-8-16)18(23)20(29-31)22(24,25)26/h4-6,9-10,14,16H,7-8,11H2,1-3H3,(H,27,32). The van der Waals surface area contributed by atoms with E-state index in [4.69, 9.17) is 0 Å². The Morgan fingerprint density at radius 1 is 1.25 bits per heavy atom. The SMILES string of the molecule is Cc1cc(C)n(Cc2cccc(NC(=O)C(C)n3nc(C(F)(F)F)c(Br)c3C3CC3)c2)n1. The minimum absolute atomic E-state index is 0.0210. The Morgan fingerprint density at radius 2 is 1.97 bits per heavy atom. The number of amides is 1. The van der Waals surface area contributed by atoms with Gasteiger partial charge in [0.05, 0.1) is 22.4 Å². The smallest absolute Gasteiger partial charge is 0.324 e. The summed E-state index contributed by atoms with van der Waals surface area (Å²) in [6.07, 6.45) is -3.03. The van der Waals surface area contributed by atoms with Gasteiger partial charge in [0.2, 0.25) is 5.91 Å². The molecule has 0 saturated heterocycles. The van der Waals surface area contributed by atoms with Gasteiger partial charge in [-0.2, -0.15) is 23.4 Å². The highest BCUT2D eigenvalue weighted by Gasteiger charge is 2.43. The van der Waals surface area contributed by atoms with Crippen LogP contribution in [-0.4, -0.2) is 25.5 Å². The molecule has 170 valence electrons. The Balaban J connectivity index is 1.54. The molecule has 6 nitrogen and oxygen atoms in total. The second kappa shape index (κ2) is 8.38. The van der Waals surface area contributed by atoms with Crippen molar-refractivity contribution in [3.05, 3.63) is 63.1 Å². The normalized spacial score (nSPS) is 15.1. The molecule has 1 saturated carbocycles. The number of alkyl halides is 3. The highest BCUT2D eigenvalue weighted by atomic mass is 79.9. The predicted molar refractivity (Wildman–Crippen MR) is 117 cm³/mol. The first-order valence-electron chi connectivity index (χ1n) is 10.3. The average Bonchev–Trinajstić information content (AvgIpc) is 3.40. The first-order valence-corrected chi connectivity index (χ1v) is 11.1. The van der Waals surface area contributed by atoms with Crippen LogP contribution in [0.1, 0.15) is 60.1 Å². The third-order valence-electron chi connectivity index (χ3n) is 5.50. The van der Waals surface area contributed by atoms with Gasteiger partial charge >= 0.3 is 6.18 Å². The Kier molecular flexibility index (Phi) is 5.91. The molecular weight excluding hydrogens is 487 g/mol. The second-order valence-electron chi connectivity index (χ2n) is 8.21. The molecule has 0 aliphatic heterocycles. The third kappa shape index (κ3) is 4.60. The molecule has 0 bridgehead atoms. The fourth-order valence-electron chi connectivity index (χ4n) is 3.74. The molecule has 3 aromatic rings. The van der Waals surface area contributed by atoms with Crippen LogP contribution in [0.25, 0.3) is 0 Å². The maximum atomic E-state index is 13.4. The van der Waals surface area contributed by atoms with Crippen molar-refractivity contribution in [2.75, 3.05) is 5.32 Å². The van der Waals surface area contributed by atoms with Gasteiger partial charge in [-0.25, -0.2) is 0 Å². The van der Waals surface area contributed by atoms with Gasteiger partial charge in [0.1, 0.15) is 6.04 Å². The molecule has 1 aliphatic rings. The molecule has 1 aromatic carbocycles. The van der Waals surface area contributed by atoms with Gasteiger partial charge in [0.15, 0.2) is 5.69 Å². The quantitative estimate of drug-likeness (QED) is 0.470. The molecule has 1 atom stereocenters. The highest BCUT2D eigenvalue weighted by Crippen LogP contribution is 2.47. The van der Waals surface area contributed by atoms with Gasteiger partial charge in [-0.05, 0) is 73.3 Å². The molecule has 4 rings (SSSR count). The summed E-state index contributed by atoms with van der Waals surface area (Å²) in [6, 6.07) is 8.42. The lowest BCUT2D eigenvalue weighted by Crippen LogP contribution is -2.26. The van der Waals surface area contributed by atoms with Crippen molar-refractivity contribution in [1.82, 2.24) is 19.6 Å². The summed E-state index contributed by atoms with van der Waals surface area (Å²) in [5.74, 6) is -0.453. The van der Waals surface area contributed by atoms with Crippen molar-refractivity contribution in [3.63, 3.8) is 0 Å². The van der Waals surface area contributed by atoms with E-state index in [0.717, 1.165) is 29.8 Å². The van der Waals surface area contributed by atoms with Crippen LogP contribution >= 0.6 is 15.9 Å². The van der Waals surface area contributed by atoms with Gasteiger partial charge in [-0.15, -0.1) is 0 Å². The summed E-state index contributed by atoms with van der Waals surface area (Å²) < 4.78 is 43.1. The maximum Gasteiger partial charge on any atom is 0.436 e. The number of hydrogen-bond acceptors (Lipinski definition) is 3. The largest absolute Gasteiger partial charge is 0.436 e. The first-order chi connectivity index (χ1) is 15.0. The summed E-state index contributed by atoms with van der Waals surface area (Å²) in [4.78, 5) is 12.9.